The van der Waals surface area contributed by atoms with Crippen LogP contribution < -0.4 is 19.5 Å². The van der Waals surface area contributed by atoms with Crippen LogP contribution in [0.4, 0.5) is 5.69 Å². The number of anilines is 1. The number of fused-ring (bicyclic) bond motifs is 3. The van der Waals surface area contributed by atoms with Crippen molar-refractivity contribution in [3.05, 3.63) is 53.3 Å². The molecular formula is C26H29NO5. The molecule has 0 atom stereocenters. The van der Waals surface area contributed by atoms with E-state index >= 15 is 0 Å². The van der Waals surface area contributed by atoms with Crippen LogP contribution in [0.15, 0.2) is 40.8 Å². The van der Waals surface area contributed by atoms with Crippen molar-refractivity contribution in [3.8, 4) is 17.2 Å². The van der Waals surface area contributed by atoms with Crippen LogP contribution in [0.3, 0.4) is 0 Å². The average molecular weight is 436 g/mol. The first-order valence-corrected chi connectivity index (χ1v) is 11.0. The van der Waals surface area contributed by atoms with Gasteiger partial charge in [-0.15, -0.1) is 0 Å². The molecule has 1 heterocycles. The number of rotatable bonds is 7. The van der Waals surface area contributed by atoms with Crippen molar-refractivity contribution < 1.29 is 23.4 Å². The van der Waals surface area contributed by atoms with Crippen LogP contribution in [-0.4, -0.2) is 26.7 Å². The summed E-state index contributed by atoms with van der Waals surface area (Å²) in [7, 11) is 3.14. The van der Waals surface area contributed by atoms with Gasteiger partial charge < -0.3 is 23.9 Å². The molecule has 0 fully saturated rings. The minimum absolute atomic E-state index is 0.230. The van der Waals surface area contributed by atoms with E-state index < -0.39 is 0 Å². The maximum atomic E-state index is 12.7. The largest absolute Gasteiger partial charge is 0.493 e. The molecule has 0 saturated carbocycles. The quantitative estimate of drug-likeness (QED) is 0.477. The van der Waals surface area contributed by atoms with E-state index in [1.165, 1.54) is 12.0 Å². The molecule has 0 bridgehead atoms. The number of carbonyl (C=O) groups is 1. The zero-order valence-electron chi connectivity index (χ0n) is 19.0. The number of nitrogens with one attached hydrogen (secondary N) is 1. The van der Waals surface area contributed by atoms with Crippen LogP contribution in [0, 0.1) is 0 Å². The van der Waals surface area contributed by atoms with Crippen molar-refractivity contribution in [2.75, 3.05) is 26.1 Å². The van der Waals surface area contributed by atoms with Gasteiger partial charge in [-0.1, -0.05) is 0 Å². The summed E-state index contributed by atoms with van der Waals surface area (Å²) < 4.78 is 22.6. The lowest BCUT2D eigenvalue weighted by Gasteiger charge is -2.13. The fraction of sp³-hybridized carbons (Fsp3) is 0.346. The van der Waals surface area contributed by atoms with Crippen molar-refractivity contribution in [2.24, 2.45) is 0 Å². The Kier molecular flexibility index (Phi) is 6.40. The molecule has 0 unspecified atom stereocenters. The molecule has 1 aliphatic carbocycles. The number of hydrogen-bond acceptors (Lipinski definition) is 5. The monoisotopic (exact) mass is 435 g/mol. The number of methoxy groups -OCH3 is 2. The highest BCUT2D eigenvalue weighted by Gasteiger charge is 2.20. The van der Waals surface area contributed by atoms with Gasteiger partial charge in [0.15, 0.2) is 11.5 Å². The maximum absolute atomic E-state index is 12.7. The molecule has 6 nitrogen and oxygen atoms in total. The summed E-state index contributed by atoms with van der Waals surface area (Å²) >= 11 is 0. The van der Waals surface area contributed by atoms with Gasteiger partial charge in [0.05, 0.1) is 20.8 Å². The van der Waals surface area contributed by atoms with Crippen molar-refractivity contribution >= 4 is 28.1 Å². The van der Waals surface area contributed by atoms with Crippen LogP contribution in [0.2, 0.25) is 0 Å². The van der Waals surface area contributed by atoms with Gasteiger partial charge in [0, 0.05) is 46.8 Å². The molecule has 1 aliphatic rings. The smallest absolute Gasteiger partial charge is 0.248 e. The molecule has 0 radical (unpaired) electrons. The van der Waals surface area contributed by atoms with Gasteiger partial charge >= 0.3 is 0 Å². The van der Waals surface area contributed by atoms with Crippen molar-refractivity contribution in [1.82, 2.24) is 0 Å². The highest BCUT2D eigenvalue weighted by Crippen LogP contribution is 2.38. The normalized spacial score (nSPS) is 13.6. The number of benzene rings is 2. The van der Waals surface area contributed by atoms with E-state index in [-0.39, 0.29) is 5.91 Å². The van der Waals surface area contributed by atoms with Crippen molar-refractivity contribution in [2.45, 2.75) is 39.5 Å². The van der Waals surface area contributed by atoms with E-state index in [4.69, 9.17) is 18.6 Å². The lowest BCUT2D eigenvalue weighted by atomic mass is 9.94. The van der Waals surface area contributed by atoms with Gasteiger partial charge in [-0.05, 0) is 56.9 Å². The molecule has 2 aromatic carbocycles. The third-order valence-electron chi connectivity index (χ3n) is 5.78. The summed E-state index contributed by atoms with van der Waals surface area (Å²) in [5, 5.41) is 4.01. The fourth-order valence-corrected chi connectivity index (χ4v) is 4.24. The lowest BCUT2D eigenvalue weighted by molar-refractivity contribution is -0.111. The van der Waals surface area contributed by atoms with E-state index in [0.29, 0.717) is 23.8 Å². The van der Waals surface area contributed by atoms with E-state index in [0.717, 1.165) is 52.9 Å². The Bertz CT molecular complexity index is 1170. The summed E-state index contributed by atoms with van der Waals surface area (Å²) in [6.45, 7) is 4.40. The maximum Gasteiger partial charge on any atom is 0.248 e. The second-order valence-electron chi connectivity index (χ2n) is 7.87. The molecule has 0 saturated heterocycles. The van der Waals surface area contributed by atoms with Gasteiger partial charge in [0.1, 0.15) is 17.1 Å². The van der Waals surface area contributed by atoms with Crippen molar-refractivity contribution in [3.63, 3.8) is 0 Å². The Morgan fingerprint density at radius 3 is 2.59 bits per heavy atom. The summed E-state index contributed by atoms with van der Waals surface area (Å²) in [6, 6.07) is 9.32. The first kappa shape index (κ1) is 21.8. The summed E-state index contributed by atoms with van der Waals surface area (Å²) in [5.74, 6) is 2.74. The Balaban J connectivity index is 1.65. The molecule has 6 heteroatoms. The molecule has 1 N–H and O–H groups in total. The molecular weight excluding hydrogens is 406 g/mol. The highest BCUT2D eigenvalue weighted by atomic mass is 16.5. The Morgan fingerprint density at radius 1 is 1.06 bits per heavy atom. The van der Waals surface area contributed by atoms with Crippen LogP contribution in [0.1, 0.15) is 43.6 Å². The van der Waals surface area contributed by atoms with E-state index in [9.17, 15) is 4.79 Å². The fourth-order valence-electron chi connectivity index (χ4n) is 4.24. The van der Waals surface area contributed by atoms with Gasteiger partial charge in [-0.3, -0.25) is 4.79 Å². The molecule has 0 aliphatic heterocycles. The van der Waals surface area contributed by atoms with E-state index in [1.54, 1.807) is 38.5 Å². The van der Waals surface area contributed by atoms with Crippen molar-refractivity contribution in [1.29, 1.82) is 0 Å². The van der Waals surface area contributed by atoms with Gasteiger partial charge in [-0.2, -0.15) is 0 Å². The Labute approximate surface area is 188 Å². The third-order valence-corrected chi connectivity index (χ3v) is 5.78. The predicted octanol–water partition coefficient (Wildman–Crippen LogP) is 5.77. The molecule has 0 spiro atoms. The SMILES string of the molecule is CCOc1cc2oc3c(c2cc1/C(C)=C/C(=O)Nc1ccc(OC)c(OC)c1)CCCC3. The minimum Gasteiger partial charge on any atom is -0.493 e. The van der Waals surface area contributed by atoms with E-state index in [2.05, 4.69) is 11.4 Å². The molecule has 1 aromatic heterocycles. The topological polar surface area (TPSA) is 69.9 Å². The van der Waals surface area contributed by atoms with Gasteiger partial charge in [0.25, 0.3) is 0 Å². The standard InChI is InChI=1S/C26H29NO5/c1-5-31-23-15-24-20(18-8-6-7-9-21(18)32-24)14-19(23)16(2)12-26(28)27-17-10-11-22(29-3)25(13-17)30-4/h10-15H,5-9H2,1-4H3,(H,27,28)/b16-12+. The first-order valence-electron chi connectivity index (χ1n) is 11.0. The van der Waals surface area contributed by atoms with Crippen LogP contribution in [0.25, 0.3) is 16.5 Å². The zero-order valence-corrected chi connectivity index (χ0v) is 19.0. The molecule has 32 heavy (non-hydrogen) atoms. The Hall–Kier alpha value is -3.41. The second-order valence-corrected chi connectivity index (χ2v) is 7.87. The molecule has 1 amide bonds. The van der Waals surface area contributed by atoms with E-state index in [1.807, 2.05) is 19.9 Å². The summed E-state index contributed by atoms with van der Waals surface area (Å²) in [6.07, 6.45) is 5.93. The minimum atomic E-state index is -0.230. The zero-order chi connectivity index (χ0) is 22.7. The van der Waals surface area contributed by atoms with Crippen LogP contribution >= 0.6 is 0 Å². The molecule has 3 aromatic rings. The average Bonchev–Trinajstić information content (AvgIpc) is 3.16. The van der Waals surface area contributed by atoms with Crippen LogP contribution in [0.5, 0.6) is 17.2 Å². The summed E-state index contributed by atoms with van der Waals surface area (Å²) in [5.41, 5.74) is 4.49. The van der Waals surface area contributed by atoms with Gasteiger partial charge in [-0.25, -0.2) is 0 Å². The third kappa shape index (κ3) is 4.31. The number of amides is 1. The highest BCUT2D eigenvalue weighted by molar-refractivity contribution is 6.05. The number of allylic oxidation sites excluding steroid dienone is 1. The number of aryl methyl sites for hydroxylation is 2. The molecule has 168 valence electrons. The number of furan rings is 1. The predicted molar refractivity (Wildman–Crippen MR) is 126 cm³/mol. The Morgan fingerprint density at radius 2 is 1.84 bits per heavy atom. The van der Waals surface area contributed by atoms with Gasteiger partial charge in [0.2, 0.25) is 5.91 Å². The number of hydrogen-bond donors (Lipinski definition) is 1. The molecule has 4 rings (SSSR count). The number of carbonyl (C=O) groups excluding carboxylic acids is 1. The lowest BCUT2D eigenvalue weighted by Crippen LogP contribution is -2.09. The first-order chi connectivity index (χ1) is 15.5. The second kappa shape index (κ2) is 9.39. The number of ether oxygens (including phenoxy) is 3. The summed E-state index contributed by atoms with van der Waals surface area (Å²) in [4.78, 5) is 12.7. The van der Waals surface area contributed by atoms with Crippen LogP contribution in [-0.2, 0) is 17.6 Å².